The third-order valence-corrected chi connectivity index (χ3v) is 3.25. The van der Waals surface area contributed by atoms with Crippen LogP contribution in [-0.2, 0) is 9.05 Å². The Morgan fingerprint density at radius 3 is 2.33 bits per heavy atom. The Morgan fingerprint density at radius 1 is 1.33 bits per heavy atom. The molecule has 0 fully saturated rings. The van der Waals surface area contributed by atoms with E-state index in [-0.39, 0.29) is 4.90 Å². The fraction of sp³-hybridized carbons (Fsp3) is 0.143. The molecule has 0 aliphatic rings. The van der Waals surface area contributed by atoms with Crippen molar-refractivity contribution < 1.29 is 8.42 Å². The van der Waals surface area contributed by atoms with Gasteiger partial charge in [-0.05, 0) is 53.3 Å². The second-order valence-corrected chi connectivity index (χ2v) is 6.21. The summed E-state index contributed by atoms with van der Waals surface area (Å²) >= 11 is 2.05. The lowest BCUT2D eigenvalue weighted by molar-refractivity contribution is 0.609. The molecule has 0 aliphatic heterocycles. The van der Waals surface area contributed by atoms with Crippen molar-refractivity contribution >= 4 is 42.3 Å². The van der Waals surface area contributed by atoms with Crippen LogP contribution in [0.25, 0.3) is 0 Å². The van der Waals surface area contributed by atoms with Gasteiger partial charge in [0.2, 0.25) is 0 Å². The second kappa shape index (κ2) is 3.51. The lowest BCUT2D eigenvalue weighted by Crippen LogP contribution is -1.91. The van der Waals surface area contributed by atoms with Gasteiger partial charge in [-0.25, -0.2) is 8.42 Å². The molecule has 0 bridgehead atoms. The zero-order chi connectivity index (χ0) is 9.35. The van der Waals surface area contributed by atoms with Crippen molar-refractivity contribution in [2.75, 3.05) is 0 Å². The highest BCUT2D eigenvalue weighted by atomic mass is 127. The van der Waals surface area contributed by atoms with Crippen LogP contribution in [0.5, 0.6) is 0 Å². The third-order valence-electron chi connectivity index (χ3n) is 1.30. The highest BCUT2D eigenvalue weighted by Gasteiger charge is 2.10. The van der Waals surface area contributed by atoms with Crippen LogP contribution in [0.1, 0.15) is 5.56 Å². The van der Waals surface area contributed by atoms with E-state index in [0.717, 1.165) is 9.13 Å². The Hall–Kier alpha value is 0.190. The minimum absolute atomic E-state index is 0.161. The first kappa shape index (κ1) is 10.3. The highest BCUT2D eigenvalue weighted by molar-refractivity contribution is 14.1. The van der Waals surface area contributed by atoms with Crippen LogP contribution in [0.2, 0.25) is 0 Å². The van der Waals surface area contributed by atoms with Gasteiger partial charge in [0.25, 0.3) is 9.05 Å². The SMILES string of the molecule is Cc1cc(I)cc(S(=O)(=O)Cl)c1. The van der Waals surface area contributed by atoms with Gasteiger partial charge in [-0.3, -0.25) is 0 Å². The third kappa shape index (κ3) is 2.60. The molecule has 12 heavy (non-hydrogen) atoms. The van der Waals surface area contributed by atoms with Gasteiger partial charge >= 0.3 is 0 Å². The Bertz CT molecular complexity index is 380. The minimum Gasteiger partial charge on any atom is -0.207 e. The number of hydrogen-bond donors (Lipinski definition) is 0. The Kier molecular flexibility index (Phi) is 3.01. The van der Waals surface area contributed by atoms with E-state index in [1.165, 1.54) is 6.07 Å². The van der Waals surface area contributed by atoms with E-state index >= 15 is 0 Å². The van der Waals surface area contributed by atoms with Crippen LogP contribution in [-0.4, -0.2) is 8.42 Å². The van der Waals surface area contributed by atoms with Crippen LogP contribution < -0.4 is 0 Å². The van der Waals surface area contributed by atoms with Crippen molar-refractivity contribution in [3.63, 3.8) is 0 Å². The predicted octanol–water partition coefficient (Wildman–Crippen LogP) is 2.53. The lowest BCUT2D eigenvalue weighted by atomic mass is 10.2. The fourth-order valence-corrected chi connectivity index (χ4v) is 2.74. The summed E-state index contributed by atoms with van der Waals surface area (Å²) in [7, 11) is 1.59. The van der Waals surface area contributed by atoms with Crippen LogP contribution in [0.15, 0.2) is 23.1 Å². The molecule has 5 heteroatoms. The number of halogens is 2. The van der Waals surface area contributed by atoms with Crippen molar-refractivity contribution in [1.82, 2.24) is 0 Å². The molecule has 0 spiro atoms. The van der Waals surface area contributed by atoms with Crippen molar-refractivity contribution in [3.05, 3.63) is 27.3 Å². The molecule has 0 aromatic heterocycles. The van der Waals surface area contributed by atoms with E-state index in [2.05, 4.69) is 0 Å². The summed E-state index contributed by atoms with van der Waals surface area (Å²) < 4.78 is 22.7. The van der Waals surface area contributed by atoms with Gasteiger partial charge < -0.3 is 0 Å². The monoisotopic (exact) mass is 316 g/mol. The average molecular weight is 317 g/mol. The normalized spacial score (nSPS) is 11.6. The summed E-state index contributed by atoms with van der Waals surface area (Å²) in [5.41, 5.74) is 0.890. The highest BCUT2D eigenvalue weighted by Crippen LogP contribution is 2.19. The molecule has 0 heterocycles. The van der Waals surface area contributed by atoms with Gasteiger partial charge in [0, 0.05) is 14.3 Å². The van der Waals surface area contributed by atoms with Crippen LogP contribution >= 0.6 is 33.3 Å². The summed E-state index contributed by atoms with van der Waals surface area (Å²) in [6, 6.07) is 4.96. The summed E-state index contributed by atoms with van der Waals surface area (Å²) in [5, 5.41) is 0. The molecule has 0 unspecified atom stereocenters. The molecule has 0 radical (unpaired) electrons. The smallest absolute Gasteiger partial charge is 0.207 e. The Balaban J connectivity index is 3.37. The molecule has 0 amide bonds. The standard InChI is InChI=1S/C7H6ClIO2S/c1-5-2-6(9)4-7(3-5)12(8,10)11/h2-4H,1H3. The van der Waals surface area contributed by atoms with Crippen LogP contribution in [0.4, 0.5) is 0 Å². The predicted molar refractivity (Wildman–Crippen MR) is 56.9 cm³/mol. The average Bonchev–Trinajstić information content (AvgIpc) is 1.82. The van der Waals surface area contributed by atoms with Crippen molar-refractivity contribution in [2.45, 2.75) is 11.8 Å². The first-order chi connectivity index (χ1) is 5.39. The topological polar surface area (TPSA) is 34.1 Å². The summed E-state index contributed by atoms with van der Waals surface area (Å²) in [6.07, 6.45) is 0. The van der Waals surface area contributed by atoms with E-state index in [0.29, 0.717) is 0 Å². The molecular weight excluding hydrogens is 310 g/mol. The Morgan fingerprint density at radius 2 is 1.92 bits per heavy atom. The van der Waals surface area contributed by atoms with Gasteiger partial charge in [0.1, 0.15) is 0 Å². The first-order valence-electron chi connectivity index (χ1n) is 3.11. The summed E-state index contributed by atoms with van der Waals surface area (Å²) in [6.45, 7) is 1.83. The summed E-state index contributed by atoms with van der Waals surface area (Å²) in [5.74, 6) is 0. The molecular formula is C7H6ClIO2S. The first-order valence-corrected chi connectivity index (χ1v) is 6.50. The van der Waals surface area contributed by atoms with Crippen LogP contribution in [0.3, 0.4) is 0 Å². The van der Waals surface area contributed by atoms with E-state index in [1.54, 1.807) is 6.07 Å². The molecule has 0 atom stereocenters. The number of rotatable bonds is 1. The van der Waals surface area contributed by atoms with E-state index in [4.69, 9.17) is 10.7 Å². The molecule has 1 rings (SSSR count). The molecule has 1 aromatic rings. The van der Waals surface area contributed by atoms with Gasteiger partial charge in [-0.1, -0.05) is 0 Å². The number of aryl methyl sites for hydroxylation is 1. The minimum atomic E-state index is -3.58. The second-order valence-electron chi connectivity index (χ2n) is 2.40. The maximum absolute atomic E-state index is 10.9. The van der Waals surface area contributed by atoms with E-state index < -0.39 is 9.05 Å². The fourth-order valence-electron chi connectivity index (χ4n) is 0.844. The van der Waals surface area contributed by atoms with Crippen molar-refractivity contribution in [1.29, 1.82) is 0 Å². The van der Waals surface area contributed by atoms with Gasteiger partial charge in [-0.2, -0.15) is 0 Å². The molecule has 0 saturated carbocycles. The Labute approximate surface area is 89.5 Å². The van der Waals surface area contributed by atoms with Gasteiger partial charge in [0.15, 0.2) is 0 Å². The molecule has 0 N–H and O–H groups in total. The quantitative estimate of drug-likeness (QED) is 0.589. The maximum Gasteiger partial charge on any atom is 0.261 e. The molecule has 0 saturated heterocycles. The molecule has 66 valence electrons. The zero-order valence-corrected chi connectivity index (χ0v) is 9.94. The molecule has 1 aromatic carbocycles. The molecule has 0 aliphatic carbocycles. The van der Waals surface area contributed by atoms with Crippen molar-refractivity contribution in [2.24, 2.45) is 0 Å². The van der Waals surface area contributed by atoms with Crippen LogP contribution in [0, 0.1) is 10.5 Å². The zero-order valence-electron chi connectivity index (χ0n) is 6.21. The van der Waals surface area contributed by atoms with E-state index in [1.807, 2.05) is 35.6 Å². The van der Waals surface area contributed by atoms with E-state index in [9.17, 15) is 8.42 Å². The maximum atomic E-state index is 10.9. The van der Waals surface area contributed by atoms with Gasteiger partial charge in [-0.15, -0.1) is 0 Å². The number of hydrogen-bond acceptors (Lipinski definition) is 2. The number of benzene rings is 1. The lowest BCUT2D eigenvalue weighted by Gasteiger charge is -1.99. The van der Waals surface area contributed by atoms with Crippen molar-refractivity contribution in [3.8, 4) is 0 Å². The molecule has 2 nitrogen and oxygen atoms in total. The summed E-state index contributed by atoms with van der Waals surface area (Å²) in [4.78, 5) is 0.161. The van der Waals surface area contributed by atoms with Gasteiger partial charge in [0.05, 0.1) is 4.90 Å². The largest absolute Gasteiger partial charge is 0.261 e.